The Bertz CT molecular complexity index is 182. The molecule has 2 N–H and O–H groups in total. The summed E-state index contributed by atoms with van der Waals surface area (Å²) in [5.74, 6) is 0.477. The Labute approximate surface area is 71.4 Å². The molecule has 2 aliphatic carbocycles. The zero-order chi connectivity index (χ0) is 8.72. The minimum Gasteiger partial charge on any atom is -0.396 e. The lowest BCUT2D eigenvalue weighted by Gasteiger charge is -2.25. The summed E-state index contributed by atoms with van der Waals surface area (Å²) in [4.78, 5) is 11.5. The Balaban J connectivity index is 2.21. The van der Waals surface area contributed by atoms with E-state index in [2.05, 4.69) is 0 Å². The number of aliphatic hydroxyl groups is 2. The smallest absolute Gasteiger partial charge is 0.139 e. The van der Waals surface area contributed by atoms with Crippen LogP contribution < -0.4 is 0 Å². The second kappa shape index (κ2) is 2.82. The van der Waals surface area contributed by atoms with Gasteiger partial charge in [-0.2, -0.15) is 0 Å². The minimum absolute atomic E-state index is 0.0428. The summed E-state index contributed by atoms with van der Waals surface area (Å²) in [6.45, 7) is 0.107. The SMILES string of the molecule is O=C1C2CCC1C(CO)C2CO. The van der Waals surface area contributed by atoms with Crippen molar-refractivity contribution in [2.24, 2.45) is 23.7 Å². The van der Waals surface area contributed by atoms with Crippen LogP contribution in [0.25, 0.3) is 0 Å². The van der Waals surface area contributed by atoms with Crippen LogP contribution in [0.4, 0.5) is 0 Å². The first-order valence-electron chi connectivity index (χ1n) is 4.55. The molecule has 68 valence electrons. The average Bonchev–Trinajstić information content (AvgIpc) is 2.58. The Morgan fingerprint density at radius 2 is 1.50 bits per heavy atom. The third-order valence-electron chi connectivity index (χ3n) is 3.52. The maximum atomic E-state index is 11.5. The molecular weight excluding hydrogens is 156 g/mol. The summed E-state index contributed by atoms with van der Waals surface area (Å²) in [5, 5.41) is 18.1. The highest BCUT2D eigenvalue weighted by Crippen LogP contribution is 2.49. The van der Waals surface area contributed by atoms with Gasteiger partial charge in [0.05, 0.1) is 0 Å². The van der Waals surface area contributed by atoms with Crippen LogP contribution in [0.15, 0.2) is 0 Å². The van der Waals surface area contributed by atoms with Crippen molar-refractivity contribution in [3.8, 4) is 0 Å². The molecule has 4 atom stereocenters. The standard InChI is InChI=1S/C9H14O3/c10-3-7-5-1-2-6(9(5)12)8(7)4-11/h5-8,10-11H,1-4H2. The van der Waals surface area contributed by atoms with E-state index in [1.165, 1.54) is 0 Å². The van der Waals surface area contributed by atoms with Crippen LogP contribution in [-0.2, 0) is 4.79 Å². The zero-order valence-electron chi connectivity index (χ0n) is 6.94. The van der Waals surface area contributed by atoms with Gasteiger partial charge in [-0.3, -0.25) is 4.79 Å². The number of carbonyl (C=O) groups excluding carboxylic acids is 1. The highest BCUT2D eigenvalue weighted by Gasteiger charge is 2.53. The second-order valence-corrected chi connectivity index (χ2v) is 3.89. The summed E-state index contributed by atoms with van der Waals surface area (Å²) in [5.41, 5.74) is 0. The lowest BCUT2D eigenvalue weighted by atomic mass is 9.80. The van der Waals surface area contributed by atoms with Crippen molar-refractivity contribution in [1.82, 2.24) is 0 Å². The van der Waals surface area contributed by atoms with Crippen LogP contribution in [0.5, 0.6) is 0 Å². The van der Waals surface area contributed by atoms with Crippen molar-refractivity contribution in [3.05, 3.63) is 0 Å². The van der Waals surface area contributed by atoms with Gasteiger partial charge in [-0.1, -0.05) is 0 Å². The molecule has 0 radical (unpaired) electrons. The lowest BCUT2D eigenvalue weighted by molar-refractivity contribution is -0.122. The topological polar surface area (TPSA) is 57.5 Å². The summed E-state index contributed by atoms with van der Waals surface area (Å²) >= 11 is 0. The fraction of sp³-hybridized carbons (Fsp3) is 0.889. The number of hydrogen-bond acceptors (Lipinski definition) is 3. The molecule has 4 unspecified atom stereocenters. The van der Waals surface area contributed by atoms with E-state index in [1.807, 2.05) is 0 Å². The third kappa shape index (κ3) is 0.866. The van der Waals surface area contributed by atoms with Gasteiger partial charge in [-0.25, -0.2) is 0 Å². The van der Waals surface area contributed by atoms with Gasteiger partial charge < -0.3 is 10.2 Å². The van der Waals surface area contributed by atoms with E-state index in [0.717, 1.165) is 12.8 Å². The Hall–Kier alpha value is -0.410. The first kappa shape index (κ1) is 8.20. The predicted octanol–water partition coefficient (Wildman–Crippen LogP) is -0.188. The Morgan fingerprint density at radius 3 is 1.83 bits per heavy atom. The third-order valence-corrected chi connectivity index (χ3v) is 3.52. The van der Waals surface area contributed by atoms with Gasteiger partial charge in [0, 0.05) is 25.0 Å². The molecule has 2 bridgehead atoms. The van der Waals surface area contributed by atoms with Crippen molar-refractivity contribution >= 4 is 5.78 Å². The molecule has 3 heteroatoms. The average molecular weight is 170 g/mol. The molecule has 2 fully saturated rings. The van der Waals surface area contributed by atoms with E-state index in [4.69, 9.17) is 10.2 Å². The van der Waals surface area contributed by atoms with Gasteiger partial charge in [0.15, 0.2) is 0 Å². The van der Waals surface area contributed by atoms with Gasteiger partial charge in [0.25, 0.3) is 0 Å². The van der Waals surface area contributed by atoms with E-state index in [9.17, 15) is 4.79 Å². The first-order valence-corrected chi connectivity index (χ1v) is 4.55. The van der Waals surface area contributed by atoms with Gasteiger partial charge in [-0.15, -0.1) is 0 Å². The number of aliphatic hydroxyl groups excluding tert-OH is 2. The highest BCUT2D eigenvalue weighted by atomic mass is 16.3. The molecule has 2 saturated carbocycles. The summed E-state index contributed by atoms with van der Waals surface area (Å²) in [7, 11) is 0. The van der Waals surface area contributed by atoms with Crippen LogP contribution in [0.1, 0.15) is 12.8 Å². The van der Waals surface area contributed by atoms with Crippen molar-refractivity contribution < 1.29 is 15.0 Å². The van der Waals surface area contributed by atoms with Crippen LogP contribution in [0, 0.1) is 23.7 Å². The fourth-order valence-electron chi connectivity index (χ4n) is 2.89. The lowest BCUT2D eigenvalue weighted by Crippen LogP contribution is -2.27. The maximum absolute atomic E-state index is 11.5. The number of fused-ring (bicyclic) bond motifs is 2. The molecule has 0 aromatic rings. The molecule has 0 aromatic carbocycles. The molecule has 0 saturated heterocycles. The first-order chi connectivity index (χ1) is 5.79. The van der Waals surface area contributed by atoms with E-state index in [0.29, 0.717) is 0 Å². The van der Waals surface area contributed by atoms with Crippen LogP contribution >= 0.6 is 0 Å². The Morgan fingerprint density at radius 1 is 1.08 bits per heavy atom. The summed E-state index contributed by atoms with van der Waals surface area (Å²) in [6, 6.07) is 0. The van der Waals surface area contributed by atoms with Crippen LogP contribution in [0.2, 0.25) is 0 Å². The minimum atomic E-state index is 0.0428. The predicted molar refractivity (Wildman–Crippen MR) is 42.4 cm³/mol. The van der Waals surface area contributed by atoms with Crippen molar-refractivity contribution in [1.29, 1.82) is 0 Å². The second-order valence-electron chi connectivity index (χ2n) is 3.89. The van der Waals surface area contributed by atoms with E-state index >= 15 is 0 Å². The Kier molecular flexibility index (Phi) is 1.93. The van der Waals surface area contributed by atoms with Crippen molar-refractivity contribution in [2.45, 2.75) is 12.8 Å². The number of Topliss-reactive ketones (excluding diaryl/α,β-unsaturated/α-hetero) is 1. The van der Waals surface area contributed by atoms with Crippen molar-refractivity contribution in [3.63, 3.8) is 0 Å². The van der Waals surface area contributed by atoms with E-state index in [-0.39, 0.29) is 42.7 Å². The van der Waals surface area contributed by atoms with E-state index < -0.39 is 0 Å². The normalized spacial score (nSPS) is 45.7. The molecule has 0 aliphatic heterocycles. The van der Waals surface area contributed by atoms with Gasteiger partial charge in [0.2, 0.25) is 0 Å². The highest BCUT2D eigenvalue weighted by molar-refractivity contribution is 5.88. The van der Waals surface area contributed by atoms with Crippen LogP contribution in [0.3, 0.4) is 0 Å². The summed E-state index contributed by atoms with van der Waals surface area (Å²) in [6.07, 6.45) is 1.84. The quantitative estimate of drug-likeness (QED) is 0.604. The number of hydrogen-bond donors (Lipinski definition) is 2. The zero-order valence-corrected chi connectivity index (χ0v) is 6.94. The molecule has 0 aromatic heterocycles. The molecule has 0 spiro atoms. The monoisotopic (exact) mass is 170 g/mol. The molecule has 0 amide bonds. The maximum Gasteiger partial charge on any atom is 0.139 e. The number of ketones is 1. The molecule has 0 heterocycles. The van der Waals surface area contributed by atoms with Crippen molar-refractivity contribution in [2.75, 3.05) is 13.2 Å². The largest absolute Gasteiger partial charge is 0.396 e. The molecule has 3 nitrogen and oxygen atoms in total. The fourth-order valence-corrected chi connectivity index (χ4v) is 2.89. The molecule has 2 rings (SSSR count). The molecule has 12 heavy (non-hydrogen) atoms. The van der Waals surface area contributed by atoms with Crippen LogP contribution in [-0.4, -0.2) is 29.2 Å². The molecular formula is C9H14O3. The van der Waals surface area contributed by atoms with Gasteiger partial charge in [-0.05, 0) is 24.7 Å². The molecule has 2 aliphatic rings. The summed E-state index contributed by atoms with van der Waals surface area (Å²) < 4.78 is 0. The number of rotatable bonds is 2. The number of carbonyl (C=O) groups is 1. The van der Waals surface area contributed by atoms with Gasteiger partial charge in [0.1, 0.15) is 5.78 Å². The van der Waals surface area contributed by atoms with E-state index in [1.54, 1.807) is 0 Å². The van der Waals surface area contributed by atoms with Gasteiger partial charge >= 0.3 is 0 Å².